The van der Waals surface area contributed by atoms with E-state index in [4.69, 9.17) is 21.9 Å². The Labute approximate surface area is 254 Å². The van der Waals surface area contributed by atoms with Crippen LogP contribution in [0.25, 0.3) is 11.7 Å². The SMILES string of the molecule is COc1ccc(CN2C(=O)/C(=C\c3c(N4CCN(Cc5ccccc5)CC4)nc4c(C)cccn4c3=O)SC2=S)cc1. The van der Waals surface area contributed by atoms with E-state index in [1.165, 1.54) is 17.3 Å². The number of aromatic nitrogens is 2. The van der Waals surface area contributed by atoms with E-state index in [9.17, 15) is 9.59 Å². The fraction of sp³-hybridized carbons (Fsp3) is 0.250. The summed E-state index contributed by atoms with van der Waals surface area (Å²) in [5.41, 5.74) is 3.95. The van der Waals surface area contributed by atoms with Crippen molar-refractivity contribution in [3.05, 3.63) is 110 Å². The summed E-state index contributed by atoms with van der Waals surface area (Å²) in [6.45, 7) is 6.30. The summed E-state index contributed by atoms with van der Waals surface area (Å²) in [7, 11) is 1.62. The number of anilines is 1. The summed E-state index contributed by atoms with van der Waals surface area (Å²) >= 11 is 6.82. The summed E-state index contributed by atoms with van der Waals surface area (Å²) in [5.74, 6) is 1.14. The number of methoxy groups -OCH3 is 1. The molecule has 2 aromatic heterocycles. The van der Waals surface area contributed by atoms with Crippen LogP contribution in [0.2, 0.25) is 0 Å². The van der Waals surface area contributed by atoms with Gasteiger partial charge in [-0.05, 0) is 47.9 Å². The van der Waals surface area contributed by atoms with E-state index in [-0.39, 0.29) is 11.5 Å². The van der Waals surface area contributed by atoms with Crippen LogP contribution in [0, 0.1) is 6.92 Å². The topological polar surface area (TPSA) is 70.4 Å². The van der Waals surface area contributed by atoms with Crippen LogP contribution in [-0.4, -0.2) is 62.7 Å². The Kier molecular flexibility index (Phi) is 8.10. The number of nitrogens with zero attached hydrogens (tertiary/aromatic N) is 5. The van der Waals surface area contributed by atoms with Crippen LogP contribution in [0.4, 0.5) is 5.82 Å². The maximum atomic E-state index is 13.9. The Morgan fingerprint density at radius 3 is 2.36 bits per heavy atom. The van der Waals surface area contributed by atoms with Crippen LogP contribution < -0.4 is 15.2 Å². The molecule has 0 radical (unpaired) electrons. The van der Waals surface area contributed by atoms with Gasteiger partial charge < -0.3 is 9.64 Å². The standard InChI is InChI=1S/C32H31N5O3S2/c1-22-7-6-14-36-28(22)33-29(35-17-15-34(16-18-35)20-23-8-4-3-5-9-23)26(30(36)38)19-27-31(39)37(32(41)42-27)21-24-10-12-25(40-2)13-11-24/h3-14,19H,15-18,20-21H2,1-2H3/b27-19+. The van der Waals surface area contributed by atoms with Gasteiger partial charge in [0.05, 0.1) is 24.1 Å². The Morgan fingerprint density at radius 1 is 0.929 bits per heavy atom. The first kappa shape index (κ1) is 28.1. The summed E-state index contributed by atoms with van der Waals surface area (Å²) in [5, 5.41) is 0. The number of aryl methyl sites for hydroxylation is 1. The molecule has 0 unspecified atom stereocenters. The van der Waals surface area contributed by atoms with E-state index in [1.807, 2.05) is 49.4 Å². The second kappa shape index (κ2) is 12.1. The number of carbonyl (C=O) groups excluding carboxylic acids is 1. The highest BCUT2D eigenvalue weighted by Crippen LogP contribution is 2.35. The lowest BCUT2D eigenvalue weighted by Gasteiger charge is -2.36. The highest BCUT2D eigenvalue weighted by atomic mass is 32.2. The van der Waals surface area contributed by atoms with Crippen molar-refractivity contribution >= 4 is 51.7 Å². The van der Waals surface area contributed by atoms with Crippen LogP contribution in [0.3, 0.4) is 0 Å². The maximum Gasteiger partial charge on any atom is 0.267 e. The van der Waals surface area contributed by atoms with Gasteiger partial charge in [-0.1, -0.05) is 72.5 Å². The van der Waals surface area contributed by atoms with E-state index in [1.54, 1.807) is 28.7 Å². The van der Waals surface area contributed by atoms with Crippen molar-refractivity contribution in [2.45, 2.75) is 20.0 Å². The lowest BCUT2D eigenvalue weighted by molar-refractivity contribution is -0.122. The Bertz CT molecular complexity index is 1730. The molecule has 0 aliphatic carbocycles. The quantitative estimate of drug-likeness (QED) is 0.224. The first-order valence-electron chi connectivity index (χ1n) is 13.8. The summed E-state index contributed by atoms with van der Waals surface area (Å²) < 4.78 is 7.27. The first-order chi connectivity index (χ1) is 20.4. The minimum absolute atomic E-state index is 0.203. The van der Waals surface area contributed by atoms with Gasteiger partial charge in [0, 0.05) is 38.9 Å². The molecule has 2 saturated heterocycles. The highest BCUT2D eigenvalue weighted by Gasteiger charge is 2.33. The molecule has 0 N–H and O–H groups in total. The third kappa shape index (κ3) is 5.70. The lowest BCUT2D eigenvalue weighted by Crippen LogP contribution is -2.47. The third-order valence-electron chi connectivity index (χ3n) is 7.63. The molecule has 6 rings (SSSR count). The highest BCUT2D eigenvalue weighted by molar-refractivity contribution is 8.26. The number of fused-ring (bicyclic) bond motifs is 1. The second-order valence-corrected chi connectivity index (χ2v) is 12.1. The van der Waals surface area contributed by atoms with Crippen molar-refractivity contribution in [2.75, 3.05) is 38.2 Å². The third-order valence-corrected chi connectivity index (χ3v) is 9.01. The number of pyridine rings is 1. The molecule has 0 saturated carbocycles. The number of rotatable bonds is 7. The number of benzene rings is 2. The zero-order chi connectivity index (χ0) is 29.2. The minimum Gasteiger partial charge on any atom is -0.497 e. The van der Waals surface area contributed by atoms with Gasteiger partial charge in [0.2, 0.25) is 0 Å². The van der Waals surface area contributed by atoms with Crippen LogP contribution in [-0.2, 0) is 17.9 Å². The molecular formula is C32H31N5O3S2. The molecule has 2 aromatic carbocycles. The van der Waals surface area contributed by atoms with E-state index < -0.39 is 0 Å². The molecule has 42 heavy (non-hydrogen) atoms. The summed E-state index contributed by atoms with van der Waals surface area (Å²) in [4.78, 5) is 39.1. The molecule has 2 fully saturated rings. The van der Waals surface area contributed by atoms with Gasteiger partial charge in [0.1, 0.15) is 21.5 Å². The number of thioether (sulfide) groups is 1. The molecule has 8 nitrogen and oxygen atoms in total. The van der Waals surface area contributed by atoms with Gasteiger partial charge >= 0.3 is 0 Å². The van der Waals surface area contributed by atoms with Crippen molar-refractivity contribution in [3.8, 4) is 5.75 Å². The Morgan fingerprint density at radius 2 is 1.64 bits per heavy atom. The van der Waals surface area contributed by atoms with Crippen molar-refractivity contribution in [3.63, 3.8) is 0 Å². The van der Waals surface area contributed by atoms with Gasteiger partial charge in [0.15, 0.2) is 0 Å². The van der Waals surface area contributed by atoms with E-state index in [0.717, 1.165) is 49.6 Å². The van der Waals surface area contributed by atoms with Crippen LogP contribution >= 0.6 is 24.0 Å². The lowest BCUT2D eigenvalue weighted by atomic mass is 10.1. The largest absolute Gasteiger partial charge is 0.497 e. The van der Waals surface area contributed by atoms with Gasteiger partial charge in [-0.2, -0.15) is 0 Å². The molecular weight excluding hydrogens is 567 g/mol. The molecule has 4 heterocycles. The second-order valence-electron chi connectivity index (χ2n) is 10.4. The number of hydrogen-bond donors (Lipinski definition) is 0. The van der Waals surface area contributed by atoms with Crippen molar-refractivity contribution in [1.82, 2.24) is 19.2 Å². The summed E-state index contributed by atoms with van der Waals surface area (Å²) in [6, 6.07) is 21.8. The maximum absolute atomic E-state index is 13.9. The molecule has 214 valence electrons. The number of thiocarbonyl (C=S) groups is 1. The molecule has 0 atom stereocenters. The number of amides is 1. The van der Waals surface area contributed by atoms with E-state index in [0.29, 0.717) is 32.8 Å². The predicted molar refractivity (Wildman–Crippen MR) is 172 cm³/mol. The van der Waals surface area contributed by atoms with Crippen LogP contribution in [0.5, 0.6) is 5.75 Å². The molecule has 10 heteroatoms. The van der Waals surface area contributed by atoms with Crippen LogP contribution in [0.1, 0.15) is 22.3 Å². The molecule has 2 aliphatic heterocycles. The molecule has 2 aliphatic rings. The van der Waals surface area contributed by atoms with Crippen molar-refractivity contribution in [1.29, 1.82) is 0 Å². The molecule has 0 bridgehead atoms. The monoisotopic (exact) mass is 597 g/mol. The Hall–Kier alpha value is -3.99. The van der Waals surface area contributed by atoms with E-state index >= 15 is 0 Å². The number of carbonyl (C=O) groups is 1. The Balaban J connectivity index is 1.30. The van der Waals surface area contributed by atoms with Crippen molar-refractivity contribution < 1.29 is 9.53 Å². The van der Waals surface area contributed by atoms with Crippen molar-refractivity contribution in [2.24, 2.45) is 0 Å². The molecule has 4 aromatic rings. The van der Waals surface area contributed by atoms with Gasteiger partial charge in [-0.3, -0.25) is 23.8 Å². The predicted octanol–water partition coefficient (Wildman–Crippen LogP) is 4.74. The first-order valence-corrected chi connectivity index (χ1v) is 15.1. The zero-order valence-electron chi connectivity index (χ0n) is 23.5. The molecule has 0 spiro atoms. The van der Waals surface area contributed by atoms with Gasteiger partial charge in [-0.25, -0.2) is 4.98 Å². The van der Waals surface area contributed by atoms with E-state index in [2.05, 4.69) is 34.1 Å². The fourth-order valence-corrected chi connectivity index (χ4v) is 6.54. The fourth-order valence-electron chi connectivity index (χ4n) is 5.31. The minimum atomic E-state index is -0.215. The average molecular weight is 598 g/mol. The number of hydrogen-bond acceptors (Lipinski definition) is 8. The normalized spacial score (nSPS) is 17.0. The zero-order valence-corrected chi connectivity index (χ0v) is 25.2. The van der Waals surface area contributed by atoms with Crippen LogP contribution in [0.15, 0.2) is 82.6 Å². The smallest absolute Gasteiger partial charge is 0.267 e. The average Bonchev–Trinajstić information content (AvgIpc) is 3.27. The molecule has 1 amide bonds. The number of ether oxygens (including phenoxy) is 1. The number of piperazine rings is 1. The van der Waals surface area contributed by atoms with Gasteiger partial charge in [-0.15, -0.1) is 0 Å². The summed E-state index contributed by atoms with van der Waals surface area (Å²) in [6.07, 6.45) is 3.41. The van der Waals surface area contributed by atoms with Gasteiger partial charge in [0.25, 0.3) is 11.5 Å².